The summed E-state index contributed by atoms with van der Waals surface area (Å²) >= 11 is 0. The van der Waals surface area contributed by atoms with Crippen molar-refractivity contribution in [3.63, 3.8) is 0 Å². The van der Waals surface area contributed by atoms with Gasteiger partial charge in [0.05, 0.1) is 12.0 Å². The summed E-state index contributed by atoms with van der Waals surface area (Å²) in [5.74, 6) is 0.168. The molecule has 4 nitrogen and oxygen atoms in total. The van der Waals surface area contributed by atoms with Crippen LogP contribution in [0.1, 0.15) is 6.92 Å². The van der Waals surface area contributed by atoms with E-state index in [9.17, 15) is 0 Å². The number of nitrogens with zero attached hydrogens (tertiary/aromatic N) is 3. The van der Waals surface area contributed by atoms with Gasteiger partial charge in [0.1, 0.15) is 0 Å². The molecule has 2 aliphatic heterocycles. The molecule has 0 saturated carbocycles. The van der Waals surface area contributed by atoms with Gasteiger partial charge in [0, 0.05) is 51.9 Å². The van der Waals surface area contributed by atoms with Crippen LogP contribution in [0.15, 0.2) is 0 Å². The first-order chi connectivity index (χ1) is 7.29. The van der Waals surface area contributed by atoms with E-state index in [4.69, 9.17) is 5.26 Å². The maximum Gasteiger partial charge on any atom is 0.0666 e. The number of rotatable bonds is 3. The van der Waals surface area contributed by atoms with Gasteiger partial charge in [-0.15, -0.1) is 0 Å². The molecule has 2 saturated heterocycles. The highest BCUT2D eigenvalue weighted by atomic mass is 15.3. The largest absolute Gasteiger partial charge is 0.314 e. The molecule has 1 N–H and O–H groups in total. The zero-order chi connectivity index (χ0) is 10.7. The molecule has 15 heavy (non-hydrogen) atoms. The third-order valence-corrected chi connectivity index (χ3v) is 3.44. The molecular formula is C11H20N4. The van der Waals surface area contributed by atoms with Crippen molar-refractivity contribution in [2.75, 3.05) is 45.8 Å². The second-order valence-electron chi connectivity index (χ2n) is 4.68. The minimum Gasteiger partial charge on any atom is -0.314 e. The van der Waals surface area contributed by atoms with Crippen LogP contribution in [-0.2, 0) is 0 Å². The van der Waals surface area contributed by atoms with Gasteiger partial charge in [0.25, 0.3) is 0 Å². The van der Waals surface area contributed by atoms with Gasteiger partial charge in [0.2, 0.25) is 0 Å². The van der Waals surface area contributed by atoms with E-state index in [2.05, 4.69) is 21.2 Å². The molecule has 2 rings (SSSR count). The Morgan fingerprint density at radius 3 is 2.47 bits per heavy atom. The lowest BCUT2D eigenvalue weighted by molar-refractivity contribution is 0.0696. The fourth-order valence-corrected chi connectivity index (χ4v) is 2.27. The van der Waals surface area contributed by atoms with E-state index in [1.54, 1.807) is 0 Å². The minimum absolute atomic E-state index is 0.168. The molecule has 2 aliphatic rings. The van der Waals surface area contributed by atoms with Crippen molar-refractivity contribution < 1.29 is 0 Å². The van der Waals surface area contributed by atoms with Gasteiger partial charge in [-0.1, -0.05) is 0 Å². The molecule has 4 heteroatoms. The van der Waals surface area contributed by atoms with E-state index in [0.717, 1.165) is 38.8 Å². The predicted molar refractivity (Wildman–Crippen MR) is 59.4 cm³/mol. The standard InChI is InChI=1S/C11H20N4/c1-10(6-12)9-14-2-4-15(5-3-14)11-7-13-8-11/h10-11,13H,2-5,7-9H2,1H3. The van der Waals surface area contributed by atoms with Crippen LogP contribution in [0.3, 0.4) is 0 Å². The molecule has 0 bridgehead atoms. The molecule has 2 fully saturated rings. The lowest BCUT2D eigenvalue weighted by Gasteiger charge is -2.43. The van der Waals surface area contributed by atoms with Crippen molar-refractivity contribution >= 4 is 0 Å². The summed E-state index contributed by atoms with van der Waals surface area (Å²) in [6.45, 7) is 9.86. The SMILES string of the molecule is CC(C#N)CN1CCN(C2CNC2)CC1. The second kappa shape index (κ2) is 4.93. The van der Waals surface area contributed by atoms with E-state index < -0.39 is 0 Å². The van der Waals surface area contributed by atoms with Crippen molar-refractivity contribution in [3.8, 4) is 6.07 Å². The predicted octanol–water partition coefficient (Wildman–Crippen LogP) is -0.265. The van der Waals surface area contributed by atoms with Crippen LogP contribution in [0, 0.1) is 17.2 Å². The lowest BCUT2D eigenvalue weighted by atomic mass is 10.1. The fourth-order valence-electron chi connectivity index (χ4n) is 2.27. The molecule has 0 radical (unpaired) electrons. The first-order valence-corrected chi connectivity index (χ1v) is 5.86. The molecule has 0 aromatic carbocycles. The smallest absolute Gasteiger partial charge is 0.0666 e. The van der Waals surface area contributed by atoms with Crippen molar-refractivity contribution in [1.82, 2.24) is 15.1 Å². The van der Waals surface area contributed by atoms with E-state index in [0.29, 0.717) is 0 Å². The summed E-state index contributed by atoms with van der Waals surface area (Å²) in [6.07, 6.45) is 0. The Balaban J connectivity index is 1.70. The molecular weight excluding hydrogens is 188 g/mol. The highest BCUT2D eigenvalue weighted by Crippen LogP contribution is 2.10. The maximum absolute atomic E-state index is 8.76. The second-order valence-corrected chi connectivity index (χ2v) is 4.68. The lowest BCUT2D eigenvalue weighted by Crippen LogP contribution is -2.61. The van der Waals surface area contributed by atoms with Crippen LogP contribution < -0.4 is 5.32 Å². The van der Waals surface area contributed by atoms with Crippen LogP contribution in [0.2, 0.25) is 0 Å². The van der Waals surface area contributed by atoms with Crippen LogP contribution >= 0.6 is 0 Å². The Hall–Kier alpha value is -0.630. The molecule has 0 aliphatic carbocycles. The molecule has 0 spiro atoms. The Morgan fingerprint density at radius 1 is 1.33 bits per heavy atom. The van der Waals surface area contributed by atoms with E-state index in [-0.39, 0.29) is 5.92 Å². The van der Waals surface area contributed by atoms with Crippen molar-refractivity contribution in [3.05, 3.63) is 0 Å². The number of piperazine rings is 1. The summed E-state index contributed by atoms with van der Waals surface area (Å²) in [4.78, 5) is 4.99. The topological polar surface area (TPSA) is 42.3 Å². The van der Waals surface area contributed by atoms with Gasteiger partial charge in [-0.2, -0.15) is 5.26 Å². The van der Waals surface area contributed by atoms with Crippen LogP contribution in [-0.4, -0.2) is 61.7 Å². The van der Waals surface area contributed by atoms with Gasteiger partial charge in [-0.05, 0) is 6.92 Å². The molecule has 1 unspecified atom stereocenters. The van der Waals surface area contributed by atoms with E-state index in [1.807, 2.05) is 6.92 Å². The number of hydrogen-bond donors (Lipinski definition) is 1. The summed E-state index contributed by atoms with van der Waals surface area (Å²) in [5.41, 5.74) is 0. The van der Waals surface area contributed by atoms with Crippen LogP contribution in [0.5, 0.6) is 0 Å². The monoisotopic (exact) mass is 208 g/mol. The number of hydrogen-bond acceptors (Lipinski definition) is 4. The molecule has 84 valence electrons. The summed E-state index contributed by atoms with van der Waals surface area (Å²) in [7, 11) is 0. The van der Waals surface area contributed by atoms with Gasteiger partial charge in [-0.3, -0.25) is 9.80 Å². The average molecular weight is 208 g/mol. The number of nitrogens with one attached hydrogen (secondary N) is 1. The normalized spacial score (nSPS) is 26.9. The molecule has 1 atom stereocenters. The van der Waals surface area contributed by atoms with Gasteiger partial charge < -0.3 is 5.32 Å². The summed E-state index contributed by atoms with van der Waals surface area (Å²) < 4.78 is 0. The molecule has 2 heterocycles. The number of nitriles is 1. The minimum atomic E-state index is 0.168. The summed E-state index contributed by atoms with van der Waals surface area (Å²) in [5, 5.41) is 12.1. The van der Waals surface area contributed by atoms with Gasteiger partial charge in [0.15, 0.2) is 0 Å². The van der Waals surface area contributed by atoms with Crippen LogP contribution in [0.25, 0.3) is 0 Å². The Kier molecular flexibility index (Phi) is 3.57. The summed E-state index contributed by atoms with van der Waals surface area (Å²) in [6, 6.07) is 3.08. The van der Waals surface area contributed by atoms with E-state index >= 15 is 0 Å². The van der Waals surface area contributed by atoms with Crippen molar-refractivity contribution in [2.45, 2.75) is 13.0 Å². The average Bonchev–Trinajstić information content (AvgIpc) is 2.18. The van der Waals surface area contributed by atoms with Gasteiger partial charge in [-0.25, -0.2) is 0 Å². The highest BCUT2D eigenvalue weighted by molar-refractivity contribution is 4.89. The quantitative estimate of drug-likeness (QED) is 0.693. The Bertz CT molecular complexity index is 235. The fraction of sp³-hybridized carbons (Fsp3) is 0.909. The third kappa shape index (κ3) is 2.69. The zero-order valence-electron chi connectivity index (χ0n) is 9.45. The first kappa shape index (κ1) is 10.9. The highest BCUT2D eigenvalue weighted by Gasteiger charge is 2.27. The Morgan fingerprint density at radius 2 is 2.00 bits per heavy atom. The zero-order valence-corrected chi connectivity index (χ0v) is 9.45. The van der Waals surface area contributed by atoms with Gasteiger partial charge >= 0.3 is 0 Å². The van der Waals surface area contributed by atoms with Crippen molar-refractivity contribution in [1.29, 1.82) is 5.26 Å². The Labute approximate surface area is 91.8 Å². The molecule has 0 aromatic rings. The maximum atomic E-state index is 8.76. The molecule has 0 aromatic heterocycles. The van der Waals surface area contributed by atoms with Crippen molar-refractivity contribution in [2.24, 2.45) is 5.92 Å². The third-order valence-electron chi connectivity index (χ3n) is 3.44. The molecule has 0 amide bonds. The van der Waals surface area contributed by atoms with Crippen LogP contribution in [0.4, 0.5) is 0 Å². The van der Waals surface area contributed by atoms with E-state index in [1.165, 1.54) is 13.1 Å². The first-order valence-electron chi connectivity index (χ1n) is 5.86.